The van der Waals surface area contributed by atoms with Crippen LogP contribution in [-0.2, 0) is 37.9 Å². The van der Waals surface area contributed by atoms with Crippen LogP contribution in [0, 0.1) is 11.8 Å². The van der Waals surface area contributed by atoms with Crippen molar-refractivity contribution in [1.82, 2.24) is 0 Å². The van der Waals surface area contributed by atoms with Gasteiger partial charge in [0.05, 0.1) is 76.3 Å². The molecule has 8 heteroatoms. The van der Waals surface area contributed by atoms with Crippen molar-refractivity contribution in [2.45, 2.75) is 81.3 Å². The maximum Gasteiger partial charge on any atom is 0.412 e. The van der Waals surface area contributed by atoms with E-state index in [1.54, 1.807) is 0 Å². The van der Waals surface area contributed by atoms with Gasteiger partial charge in [-0.25, -0.2) is 0 Å². The summed E-state index contributed by atoms with van der Waals surface area (Å²) in [5, 5.41) is 0. The third kappa shape index (κ3) is 4.50. The Hall–Kier alpha value is -0.320. The molecule has 29 heavy (non-hydrogen) atoms. The molecule has 164 valence electrons. The van der Waals surface area contributed by atoms with E-state index in [0.29, 0.717) is 76.3 Å². The number of hydrogen-bond acceptors (Lipinski definition) is 8. The predicted octanol–water partition coefficient (Wildman–Crippen LogP) is 1.60. The van der Waals surface area contributed by atoms with Crippen LogP contribution in [0.1, 0.15) is 38.5 Å². The second kappa shape index (κ2) is 7.98. The van der Waals surface area contributed by atoms with Crippen LogP contribution in [0.4, 0.5) is 0 Å². The summed E-state index contributed by atoms with van der Waals surface area (Å²) in [6.45, 7) is 3.34. The quantitative estimate of drug-likeness (QED) is 0.609. The molecule has 8 nitrogen and oxygen atoms in total. The fourth-order valence-corrected chi connectivity index (χ4v) is 5.00. The second-order valence-electron chi connectivity index (χ2n) is 9.44. The third-order valence-corrected chi connectivity index (χ3v) is 7.03. The van der Waals surface area contributed by atoms with Crippen molar-refractivity contribution >= 4 is 0 Å². The summed E-state index contributed by atoms with van der Waals surface area (Å²) in [5.74, 6) is 0.401. The molecule has 2 saturated carbocycles. The molecule has 6 atom stereocenters. The molecule has 4 saturated heterocycles. The zero-order valence-corrected chi connectivity index (χ0v) is 16.9. The molecule has 1 spiro atoms. The molecule has 0 aromatic rings. The van der Waals surface area contributed by atoms with Crippen molar-refractivity contribution in [3.05, 3.63) is 0 Å². The molecule has 2 aliphatic carbocycles. The first-order valence-electron chi connectivity index (χ1n) is 11.3. The molecule has 0 bridgehead atoms. The van der Waals surface area contributed by atoms with Crippen molar-refractivity contribution in [2.75, 3.05) is 39.6 Å². The van der Waals surface area contributed by atoms with Gasteiger partial charge in [-0.3, -0.25) is 0 Å². The molecule has 0 aromatic heterocycles. The topological polar surface area (TPSA) is 80.4 Å². The normalized spacial score (nSPS) is 51.3. The number of fused-ring (bicyclic) bond motifs is 2. The molecule has 6 aliphatic rings. The monoisotopic (exact) mass is 412 g/mol. The molecular weight excluding hydrogens is 380 g/mol. The number of ether oxygens (including phenoxy) is 8. The highest BCUT2D eigenvalue weighted by Crippen LogP contribution is 2.39. The zero-order valence-electron chi connectivity index (χ0n) is 16.9. The molecule has 0 aromatic carbocycles. The van der Waals surface area contributed by atoms with Gasteiger partial charge in [0.15, 0.2) is 0 Å². The Labute approximate surface area is 171 Å². The first kappa shape index (κ1) is 19.4. The summed E-state index contributed by atoms with van der Waals surface area (Å²) in [7, 11) is 0. The Morgan fingerprint density at radius 3 is 1.45 bits per heavy atom. The van der Waals surface area contributed by atoms with E-state index in [-0.39, 0.29) is 11.8 Å². The average Bonchev–Trinajstić information content (AvgIpc) is 3.67. The van der Waals surface area contributed by atoms with E-state index in [1.807, 2.05) is 0 Å². The largest absolute Gasteiger partial charge is 0.412 e. The van der Waals surface area contributed by atoms with Crippen LogP contribution in [0.15, 0.2) is 0 Å². The highest BCUT2D eigenvalue weighted by molar-refractivity contribution is 4.93. The minimum absolute atomic E-state index is 0.200. The Balaban J connectivity index is 0.881. The zero-order chi connectivity index (χ0) is 19.3. The first-order valence-corrected chi connectivity index (χ1v) is 11.3. The number of hydrogen-bond donors (Lipinski definition) is 0. The molecule has 4 aliphatic heterocycles. The number of rotatable bonds is 6. The van der Waals surface area contributed by atoms with Crippen molar-refractivity contribution < 1.29 is 37.9 Å². The van der Waals surface area contributed by atoms with E-state index in [9.17, 15) is 0 Å². The summed E-state index contributed by atoms with van der Waals surface area (Å²) in [5.41, 5.74) is 0. The van der Waals surface area contributed by atoms with Crippen LogP contribution in [0.2, 0.25) is 0 Å². The molecule has 0 N–H and O–H groups in total. The molecular formula is C21H32O8. The van der Waals surface area contributed by atoms with E-state index in [1.165, 1.54) is 0 Å². The second-order valence-corrected chi connectivity index (χ2v) is 9.44. The van der Waals surface area contributed by atoms with Crippen LogP contribution < -0.4 is 0 Å². The Kier molecular flexibility index (Phi) is 5.33. The Bertz CT molecular complexity index is 518. The maximum absolute atomic E-state index is 6.07. The smallest absolute Gasteiger partial charge is 0.378 e. The molecule has 6 unspecified atom stereocenters. The van der Waals surface area contributed by atoms with Gasteiger partial charge in [0.2, 0.25) is 0 Å². The summed E-state index contributed by atoms with van der Waals surface area (Å²) < 4.78 is 46.5. The van der Waals surface area contributed by atoms with Crippen molar-refractivity contribution in [2.24, 2.45) is 11.8 Å². The first-order chi connectivity index (χ1) is 14.2. The highest BCUT2D eigenvalue weighted by atomic mass is 17.0. The third-order valence-electron chi connectivity index (χ3n) is 7.03. The number of epoxide rings is 2. The average molecular weight is 412 g/mol. The van der Waals surface area contributed by atoms with E-state index < -0.39 is 6.16 Å². The van der Waals surface area contributed by atoms with Crippen molar-refractivity contribution in [3.8, 4) is 0 Å². The molecule has 6 fully saturated rings. The fourth-order valence-electron chi connectivity index (χ4n) is 5.00. The van der Waals surface area contributed by atoms with E-state index in [2.05, 4.69) is 0 Å². The van der Waals surface area contributed by atoms with Gasteiger partial charge in [-0.05, 0) is 25.7 Å². The Morgan fingerprint density at radius 2 is 1.03 bits per heavy atom. The minimum Gasteiger partial charge on any atom is -0.378 e. The van der Waals surface area contributed by atoms with Crippen molar-refractivity contribution in [3.63, 3.8) is 0 Å². The van der Waals surface area contributed by atoms with Crippen LogP contribution in [0.3, 0.4) is 0 Å². The van der Waals surface area contributed by atoms with Gasteiger partial charge in [0.25, 0.3) is 0 Å². The maximum atomic E-state index is 6.07. The Morgan fingerprint density at radius 1 is 0.586 bits per heavy atom. The van der Waals surface area contributed by atoms with E-state index in [4.69, 9.17) is 37.9 Å². The fraction of sp³-hybridized carbons (Fsp3) is 1.00. The van der Waals surface area contributed by atoms with Crippen LogP contribution in [0.5, 0.6) is 0 Å². The lowest BCUT2D eigenvalue weighted by molar-refractivity contribution is -0.536. The lowest BCUT2D eigenvalue weighted by Gasteiger charge is -2.42. The van der Waals surface area contributed by atoms with Gasteiger partial charge in [0.1, 0.15) is 0 Å². The standard InChI is InChI=1S/C21H32O8/c1-3-17-19(28-17)5-15(1)22-7-13-9-24-21(25-10-13)26-11-14(12-27-21)8-23-16-2-4-18-20(6-16)29-18/h13-20H,1-12H2. The predicted molar refractivity (Wildman–Crippen MR) is 98.0 cm³/mol. The molecule has 4 heterocycles. The SMILES string of the molecule is C(OC1CCC2OC2C1)C1COC2(OC1)OCC(COC1CCC3OC3C1)CO2. The lowest BCUT2D eigenvalue weighted by Crippen LogP contribution is -2.54. The summed E-state index contributed by atoms with van der Waals surface area (Å²) in [4.78, 5) is 0. The minimum atomic E-state index is -1.34. The van der Waals surface area contributed by atoms with Crippen LogP contribution >= 0.6 is 0 Å². The van der Waals surface area contributed by atoms with Crippen molar-refractivity contribution in [1.29, 1.82) is 0 Å². The summed E-state index contributed by atoms with van der Waals surface area (Å²) in [6.07, 6.45) is 7.63. The van der Waals surface area contributed by atoms with Gasteiger partial charge in [-0.2, -0.15) is 0 Å². The van der Waals surface area contributed by atoms with Gasteiger partial charge in [-0.1, -0.05) is 0 Å². The molecule has 0 amide bonds. The summed E-state index contributed by atoms with van der Waals surface area (Å²) >= 11 is 0. The highest BCUT2D eigenvalue weighted by Gasteiger charge is 2.47. The van der Waals surface area contributed by atoms with Gasteiger partial charge < -0.3 is 37.9 Å². The van der Waals surface area contributed by atoms with E-state index >= 15 is 0 Å². The van der Waals surface area contributed by atoms with Gasteiger partial charge in [0, 0.05) is 24.7 Å². The molecule has 6 rings (SSSR count). The van der Waals surface area contributed by atoms with Crippen LogP contribution in [0.25, 0.3) is 0 Å². The summed E-state index contributed by atoms with van der Waals surface area (Å²) in [6, 6.07) is 0. The molecule has 0 radical (unpaired) electrons. The van der Waals surface area contributed by atoms with E-state index in [0.717, 1.165) is 38.5 Å². The van der Waals surface area contributed by atoms with Crippen LogP contribution in [-0.4, -0.2) is 82.4 Å². The van der Waals surface area contributed by atoms with Gasteiger partial charge in [-0.15, -0.1) is 0 Å². The lowest BCUT2D eigenvalue weighted by atomic mass is 9.98. The van der Waals surface area contributed by atoms with Gasteiger partial charge >= 0.3 is 6.16 Å².